The predicted octanol–water partition coefficient (Wildman–Crippen LogP) is 3.11. The quantitative estimate of drug-likeness (QED) is 0.910. The summed E-state index contributed by atoms with van der Waals surface area (Å²) >= 11 is 6.39. The van der Waals surface area contributed by atoms with Crippen LogP contribution in [0.4, 0.5) is 0 Å². The second-order valence-electron chi connectivity index (χ2n) is 6.66. The normalized spacial score (nSPS) is 17.6. The van der Waals surface area contributed by atoms with E-state index in [1.807, 2.05) is 11.0 Å². The Morgan fingerprint density at radius 2 is 2.16 bits per heavy atom. The lowest BCUT2D eigenvalue weighted by molar-refractivity contribution is 0.0697. The topological polar surface area (TPSA) is 75.4 Å². The summed E-state index contributed by atoms with van der Waals surface area (Å²) in [5.41, 5.74) is 2.37. The van der Waals surface area contributed by atoms with Gasteiger partial charge in [-0.25, -0.2) is 0 Å². The fraction of sp³-hybridized carbons (Fsp3) is 0.389. The van der Waals surface area contributed by atoms with Crippen molar-refractivity contribution in [3.63, 3.8) is 0 Å². The fourth-order valence-electron chi connectivity index (χ4n) is 3.38. The first-order valence-corrected chi connectivity index (χ1v) is 8.70. The Morgan fingerprint density at radius 3 is 2.84 bits per heavy atom. The molecule has 1 aromatic carbocycles. The Balaban J connectivity index is 1.67. The van der Waals surface area contributed by atoms with Gasteiger partial charge in [0, 0.05) is 31.3 Å². The van der Waals surface area contributed by atoms with Gasteiger partial charge < -0.3 is 14.7 Å². The third kappa shape index (κ3) is 2.70. The molecule has 1 N–H and O–H groups in total. The molecule has 0 radical (unpaired) electrons. The molecular weight excluding hydrogens is 342 g/mol. The molecule has 1 atom stereocenters. The summed E-state index contributed by atoms with van der Waals surface area (Å²) in [6.45, 7) is 2.65. The third-order valence-electron chi connectivity index (χ3n) is 5.04. The number of carbonyl (C=O) groups excluding carboxylic acids is 2. The highest BCUT2D eigenvalue weighted by Crippen LogP contribution is 2.40. The van der Waals surface area contributed by atoms with Crippen LogP contribution in [0.25, 0.3) is 11.3 Å². The summed E-state index contributed by atoms with van der Waals surface area (Å²) < 4.78 is 5.27. The van der Waals surface area contributed by atoms with E-state index in [1.165, 1.54) is 19.9 Å². The van der Waals surface area contributed by atoms with Crippen LogP contribution >= 0.6 is 11.6 Å². The average Bonchev–Trinajstić information content (AvgIpc) is 3.23. The lowest BCUT2D eigenvalue weighted by atomic mass is 10.0. The number of hydrogen-bond donors (Lipinski definition) is 1. The summed E-state index contributed by atoms with van der Waals surface area (Å²) in [5, 5.41) is 6.67. The van der Waals surface area contributed by atoms with Crippen LogP contribution in [0.2, 0.25) is 5.02 Å². The molecule has 0 unspecified atom stereocenters. The van der Waals surface area contributed by atoms with Crippen LogP contribution in [-0.2, 0) is 6.54 Å². The zero-order valence-electron chi connectivity index (χ0n) is 14.0. The van der Waals surface area contributed by atoms with Gasteiger partial charge in [-0.1, -0.05) is 16.8 Å². The molecule has 2 amide bonds. The van der Waals surface area contributed by atoms with E-state index in [0.29, 0.717) is 34.4 Å². The van der Waals surface area contributed by atoms with Gasteiger partial charge in [-0.15, -0.1) is 0 Å². The molecular formula is C18H18ClN3O3. The van der Waals surface area contributed by atoms with Gasteiger partial charge in [0.2, 0.25) is 0 Å². The van der Waals surface area contributed by atoms with Gasteiger partial charge in [0.05, 0.1) is 10.6 Å². The maximum Gasteiger partial charge on any atom is 0.273 e. The molecule has 2 aliphatic rings. The Kier molecular flexibility index (Phi) is 3.80. The van der Waals surface area contributed by atoms with Gasteiger partial charge in [0.15, 0.2) is 11.5 Å². The van der Waals surface area contributed by atoms with E-state index in [4.69, 9.17) is 16.1 Å². The highest BCUT2D eigenvalue weighted by atomic mass is 35.5. The molecule has 6 nitrogen and oxygen atoms in total. The van der Waals surface area contributed by atoms with Crippen LogP contribution in [0.5, 0.6) is 0 Å². The molecule has 2 aromatic rings. The summed E-state index contributed by atoms with van der Waals surface area (Å²) in [6, 6.07) is 5.38. The van der Waals surface area contributed by atoms with Crippen LogP contribution in [0.15, 0.2) is 22.7 Å². The number of fused-ring (bicyclic) bond motifs is 1. The van der Waals surface area contributed by atoms with Crippen molar-refractivity contribution in [2.45, 2.75) is 32.4 Å². The number of carbonyl (C=O) groups is 2. The predicted molar refractivity (Wildman–Crippen MR) is 92.4 cm³/mol. The zero-order valence-corrected chi connectivity index (χ0v) is 14.8. The van der Waals surface area contributed by atoms with Crippen molar-refractivity contribution in [1.82, 2.24) is 15.4 Å². The van der Waals surface area contributed by atoms with Gasteiger partial charge in [-0.3, -0.25) is 9.59 Å². The molecule has 0 bridgehead atoms. The Labute approximate surface area is 150 Å². The molecule has 25 heavy (non-hydrogen) atoms. The SMILES string of the molecule is CNC(=O)c1cc(-c2cc(Cl)c3c(c2)CN([C@@H](C)C2CC2)C3=O)on1. The maximum atomic E-state index is 12.7. The van der Waals surface area contributed by atoms with Gasteiger partial charge in [-0.05, 0) is 43.4 Å². The molecule has 1 aliphatic carbocycles. The number of benzene rings is 1. The number of amides is 2. The van der Waals surface area contributed by atoms with Crippen LogP contribution in [-0.4, -0.2) is 35.0 Å². The van der Waals surface area contributed by atoms with E-state index in [1.54, 1.807) is 12.1 Å². The van der Waals surface area contributed by atoms with Gasteiger partial charge in [-0.2, -0.15) is 0 Å². The van der Waals surface area contributed by atoms with Crippen molar-refractivity contribution in [3.05, 3.63) is 40.0 Å². The van der Waals surface area contributed by atoms with E-state index in [-0.39, 0.29) is 23.6 Å². The minimum absolute atomic E-state index is 0.00503. The number of halogens is 1. The monoisotopic (exact) mass is 359 g/mol. The number of nitrogens with zero attached hydrogens (tertiary/aromatic N) is 2. The number of rotatable bonds is 4. The molecule has 0 saturated heterocycles. The van der Waals surface area contributed by atoms with Gasteiger partial charge in [0.1, 0.15) is 0 Å². The van der Waals surface area contributed by atoms with Crippen molar-refractivity contribution >= 4 is 23.4 Å². The molecule has 4 rings (SSSR count). The first-order chi connectivity index (χ1) is 12.0. The van der Waals surface area contributed by atoms with E-state index >= 15 is 0 Å². The van der Waals surface area contributed by atoms with Crippen molar-refractivity contribution < 1.29 is 14.1 Å². The second kappa shape index (κ2) is 5.88. The molecule has 1 saturated carbocycles. The molecule has 1 aliphatic heterocycles. The Morgan fingerprint density at radius 1 is 1.40 bits per heavy atom. The summed E-state index contributed by atoms with van der Waals surface area (Å²) in [5.74, 6) is 0.724. The van der Waals surface area contributed by atoms with Crippen LogP contribution in [0, 0.1) is 5.92 Å². The van der Waals surface area contributed by atoms with Crippen LogP contribution in [0.3, 0.4) is 0 Å². The van der Waals surface area contributed by atoms with E-state index < -0.39 is 0 Å². The van der Waals surface area contributed by atoms with Crippen LogP contribution < -0.4 is 5.32 Å². The van der Waals surface area contributed by atoms with Crippen molar-refractivity contribution in [2.75, 3.05) is 7.05 Å². The summed E-state index contributed by atoms with van der Waals surface area (Å²) in [7, 11) is 1.53. The molecule has 0 spiro atoms. The summed E-state index contributed by atoms with van der Waals surface area (Å²) in [6.07, 6.45) is 2.36. The minimum atomic E-state index is -0.318. The molecule has 7 heteroatoms. The Hall–Kier alpha value is -2.34. The second-order valence-corrected chi connectivity index (χ2v) is 7.07. The lowest BCUT2D eigenvalue weighted by Crippen LogP contribution is -2.34. The van der Waals surface area contributed by atoms with E-state index in [9.17, 15) is 9.59 Å². The summed E-state index contributed by atoms with van der Waals surface area (Å²) in [4.78, 5) is 26.3. The lowest BCUT2D eigenvalue weighted by Gasteiger charge is -2.23. The molecule has 1 fully saturated rings. The number of aromatic nitrogens is 1. The smallest absolute Gasteiger partial charge is 0.273 e. The maximum absolute atomic E-state index is 12.7. The fourth-order valence-corrected chi connectivity index (χ4v) is 3.70. The Bertz CT molecular complexity index is 872. The number of nitrogens with one attached hydrogen (secondary N) is 1. The van der Waals surface area contributed by atoms with Gasteiger partial charge in [0.25, 0.3) is 11.8 Å². The molecule has 2 heterocycles. The number of hydrogen-bond acceptors (Lipinski definition) is 4. The molecule has 130 valence electrons. The first kappa shape index (κ1) is 16.1. The third-order valence-corrected chi connectivity index (χ3v) is 5.34. The van der Waals surface area contributed by atoms with Gasteiger partial charge >= 0.3 is 0 Å². The molecule has 1 aromatic heterocycles. The highest BCUT2D eigenvalue weighted by molar-refractivity contribution is 6.34. The van der Waals surface area contributed by atoms with Crippen molar-refractivity contribution in [1.29, 1.82) is 0 Å². The minimum Gasteiger partial charge on any atom is -0.355 e. The highest BCUT2D eigenvalue weighted by Gasteiger charge is 2.39. The largest absolute Gasteiger partial charge is 0.355 e. The van der Waals surface area contributed by atoms with Crippen LogP contribution in [0.1, 0.15) is 46.2 Å². The van der Waals surface area contributed by atoms with Crippen molar-refractivity contribution in [2.24, 2.45) is 5.92 Å². The average molecular weight is 360 g/mol. The van der Waals surface area contributed by atoms with E-state index in [2.05, 4.69) is 17.4 Å². The first-order valence-electron chi connectivity index (χ1n) is 8.32. The standard InChI is InChI=1S/C18H18ClN3O3/c1-9(10-3-4-10)22-8-12-5-11(6-13(19)16(12)18(22)24)15-7-14(21-25-15)17(23)20-2/h5-7,9-10H,3-4,8H2,1-2H3,(H,20,23)/t9-/m0/s1. The van der Waals surface area contributed by atoms with Crippen molar-refractivity contribution in [3.8, 4) is 11.3 Å². The van der Waals surface area contributed by atoms with E-state index in [0.717, 1.165) is 5.56 Å². The zero-order chi connectivity index (χ0) is 17.7.